The van der Waals surface area contributed by atoms with Crippen LogP contribution in [0.15, 0.2) is 48.8 Å². The number of rotatable bonds is 5. The molecule has 1 aromatic heterocycles. The second-order valence-electron chi connectivity index (χ2n) is 5.53. The van der Waals surface area contributed by atoms with Gasteiger partial charge in [0.05, 0.1) is 17.4 Å². The van der Waals surface area contributed by atoms with Gasteiger partial charge in [0.25, 0.3) is 0 Å². The summed E-state index contributed by atoms with van der Waals surface area (Å²) < 4.78 is 2.22. The molecule has 0 aliphatic carbocycles. The third-order valence-corrected chi connectivity index (χ3v) is 3.94. The minimum atomic E-state index is 0.908. The highest BCUT2D eigenvalue weighted by Crippen LogP contribution is 2.18. The van der Waals surface area contributed by atoms with Gasteiger partial charge in [-0.2, -0.15) is 0 Å². The van der Waals surface area contributed by atoms with Crippen LogP contribution >= 0.6 is 0 Å². The Morgan fingerprint density at radius 3 is 2.62 bits per heavy atom. The van der Waals surface area contributed by atoms with Crippen LogP contribution in [0.25, 0.3) is 11.0 Å². The summed E-state index contributed by atoms with van der Waals surface area (Å²) in [5.41, 5.74) is 6.25. The minimum Gasteiger partial charge on any atom is -0.329 e. The molecule has 3 nitrogen and oxygen atoms in total. The maximum Gasteiger partial charge on any atom is 0.0958 e. The Kier molecular flexibility index (Phi) is 4.02. The average Bonchev–Trinajstić information content (AvgIpc) is 2.87. The molecular weight excluding hydrogens is 258 g/mol. The van der Waals surface area contributed by atoms with E-state index in [4.69, 9.17) is 0 Å². The topological polar surface area (TPSA) is 29.9 Å². The van der Waals surface area contributed by atoms with Crippen LogP contribution in [-0.4, -0.2) is 16.1 Å². The zero-order valence-electron chi connectivity index (χ0n) is 12.6. The second kappa shape index (κ2) is 6.10. The summed E-state index contributed by atoms with van der Waals surface area (Å²) in [7, 11) is 0. The van der Waals surface area contributed by atoms with Crippen LogP contribution in [-0.2, 0) is 13.1 Å². The molecule has 0 fully saturated rings. The van der Waals surface area contributed by atoms with Gasteiger partial charge in [-0.1, -0.05) is 30.3 Å². The van der Waals surface area contributed by atoms with Crippen molar-refractivity contribution in [2.75, 3.05) is 6.54 Å². The first kappa shape index (κ1) is 13.8. The monoisotopic (exact) mass is 279 g/mol. The van der Waals surface area contributed by atoms with Crippen molar-refractivity contribution in [1.82, 2.24) is 14.9 Å². The number of nitrogens with zero attached hydrogens (tertiary/aromatic N) is 2. The largest absolute Gasteiger partial charge is 0.329 e. The van der Waals surface area contributed by atoms with Crippen molar-refractivity contribution in [3.05, 3.63) is 65.5 Å². The Morgan fingerprint density at radius 1 is 1.05 bits per heavy atom. The molecule has 0 radical (unpaired) electrons. The number of fused-ring (bicyclic) bond motifs is 1. The smallest absolute Gasteiger partial charge is 0.0958 e. The van der Waals surface area contributed by atoms with Gasteiger partial charge in [0.2, 0.25) is 0 Å². The molecule has 1 N–H and O–H groups in total. The molecule has 1 heterocycles. The fraction of sp³-hybridized carbons (Fsp3) is 0.278. The third kappa shape index (κ3) is 3.14. The first-order valence-corrected chi connectivity index (χ1v) is 7.41. The molecule has 2 aromatic carbocycles. The summed E-state index contributed by atoms with van der Waals surface area (Å²) in [6, 6.07) is 14.9. The zero-order valence-corrected chi connectivity index (χ0v) is 12.6. The van der Waals surface area contributed by atoms with Crippen LogP contribution in [0.1, 0.15) is 16.7 Å². The van der Waals surface area contributed by atoms with Crippen molar-refractivity contribution in [3.63, 3.8) is 0 Å². The third-order valence-electron chi connectivity index (χ3n) is 3.94. The van der Waals surface area contributed by atoms with E-state index < -0.39 is 0 Å². The minimum absolute atomic E-state index is 0.908. The van der Waals surface area contributed by atoms with E-state index in [1.54, 1.807) is 0 Å². The number of hydrogen-bond donors (Lipinski definition) is 1. The lowest BCUT2D eigenvalue weighted by Gasteiger charge is -2.08. The van der Waals surface area contributed by atoms with Crippen LogP contribution in [0.4, 0.5) is 0 Å². The van der Waals surface area contributed by atoms with E-state index in [-0.39, 0.29) is 0 Å². The van der Waals surface area contributed by atoms with Crippen molar-refractivity contribution < 1.29 is 0 Å². The van der Waals surface area contributed by atoms with Gasteiger partial charge in [-0.25, -0.2) is 4.98 Å². The number of aryl methyl sites for hydroxylation is 2. The summed E-state index contributed by atoms with van der Waals surface area (Å²) in [5.74, 6) is 0. The van der Waals surface area contributed by atoms with Crippen molar-refractivity contribution in [3.8, 4) is 0 Å². The molecule has 0 atom stereocenters. The van der Waals surface area contributed by atoms with Crippen molar-refractivity contribution in [2.45, 2.75) is 26.9 Å². The fourth-order valence-corrected chi connectivity index (χ4v) is 2.52. The number of benzene rings is 2. The fourth-order valence-electron chi connectivity index (χ4n) is 2.52. The van der Waals surface area contributed by atoms with E-state index in [9.17, 15) is 0 Å². The van der Waals surface area contributed by atoms with Gasteiger partial charge in [0.15, 0.2) is 0 Å². The highest BCUT2D eigenvalue weighted by Gasteiger charge is 2.04. The van der Waals surface area contributed by atoms with Gasteiger partial charge in [-0.3, -0.25) is 0 Å². The molecule has 0 aliphatic heterocycles. The summed E-state index contributed by atoms with van der Waals surface area (Å²) in [6.07, 6.45) is 1.94. The van der Waals surface area contributed by atoms with Gasteiger partial charge in [0, 0.05) is 19.6 Å². The molecule has 21 heavy (non-hydrogen) atoms. The van der Waals surface area contributed by atoms with Gasteiger partial charge in [0.1, 0.15) is 0 Å². The quantitative estimate of drug-likeness (QED) is 0.725. The molecular formula is C18H21N3. The molecule has 108 valence electrons. The molecule has 0 saturated carbocycles. The first-order chi connectivity index (χ1) is 10.2. The lowest BCUT2D eigenvalue weighted by Crippen LogP contribution is -2.19. The molecule has 0 spiro atoms. The molecule has 0 saturated heterocycles. The molecule has 3 aromatic rings. The molecule has 3 heteroatoms. The Bertz CT molecular complexity index is 729. The van der Waals surface area contributed by atoms with Crippen LogP contribution in [0.5, 0.6) is 0 Å². The first-order valence-electron chi connectivity index (χ1n) is 7.41. The van der Waals surface area contributed by atoms with Crippen LogP contribution in [0.2, 0.25) is 0 Å². The van der Waals surface area contributed by atoms with Gasteiger partial charge in [-0.05, 0) is 42.7 Å². The SMILES string of the molecule is Cc1cc2ncn(CCNCc3ccccc3)c2cc1C. The Morgan fingerprint density at radius 2 is 1.81 bits per heavy atom. The van der Waals surface area contributed by atoms with Crippen molar-refractivity contribution in [1.29, 1.82) is 0 Å². The number of nitrogens with one attached hydrogen (secondary N) is 1. The number of aromatic nitrogens is 2. The summed E-state index contributed by atoms with van der Waals surface area (Å²) in [5, 5.41) is 3.48. The maximum absolute atomic E-state index is 4.49. The van der Waals surface area contributed by atoms with E-state index in [1.807, 2.05) is 12.4 Å². The van der Waals surface area contributed by atoms with E-state index in [1.165, 1.54) is 22.2 Å². The lowest BCUT2D eigenvalue weighted by atomic mass is 10.1. The van der Waals surface area contributed by atoms with Gasteiger partial charge < -0.3 is 9.88 Å². The summed E-state index contributed by atoms with van der Waals surface area (Å²) in [4.78, 5) is 4.49. The maximum atomic E-state index is 4.49. The average molecular weight is 279 g/mol. The van der Waals surface area contributed by atoms with Crippen molar-refractivity contribution in [2.24, 2.45) is 0 Å². The van der Waals surface area contributed by atoms with Gasteiger partial charge >= 0.3 is 0 Å². The molecule has 0 amide bonds. The van der Waals surface area contributed by atoms with Crippen molar-refractivity contribution >= 4 is 11.0 Å². The second-order valence-corrected chi connectivity index (χ2v) is 5.53. The van der Waals surface area contributed by atoms with Gasteiger partial charge in [-0.15, -0.1) is 0 Å². The Labute approximate surface area is 125 Å². The highest BCUT2D eigenvalue weighted by atomic mass is 15.1. The van der Waals surface area contributed by atoms with E-state index in [0.717, 1.165) is 25.2 Å². The molecule has 0 bridgehead atoms. The number of imidazole rings is 1. The molecule has 0 aliphatic rings. The van der Waals surface area contributed by atoms with E-state index in [0.29, 0.717) is 0 Å². The number of hydrogen-bond acceptors (Lipinski definition) is 2. The molecule has 0 unspecified atom stereocenters. The Balaban J connectivity index is 1.62. The highest BCUT2D eigenvalue weighted by molar-refractivity contribution is 5.77. The summed E-state index contributed by atoms with van der Waals surface area (Å²) >= 11 is 0. The lowest BCUT2D eigenvalue weighted by molar-refractivity contribution is 0.607. The van der Waals surface area contributed by atoms with E-state index in [2.05, 4.69) is 65.1 Å². The molecule has 3 rings (SSSR count). The van der Waals surface area contributed by atoms with Crippen LogP contribution in [0.3, 0.4) is 0 Å². The predicted octanol–water partition coefficient (Wildman–Crippen LogP) is 3.44. The Hall–Kier alpha value is -2.13. The van der Waals surface area contributed by atoms with Crippen LogP contribution in [0, 0.1) is 13.8 Å². The zero-order chi connectivity index (χ0) is 14.7. The predicted molar refractivity (Wildman–Crippen MR) is 87.4 cm³/mol. The van der Waals surface area contributed by atoms with Crippen LogP contribution < -0.4 is 5.32 Å². The standard InChI is InChI=1S/C18H21N3/c1-14-10-17-18(11-15(14)2)21(13-20-17)9-8-19-12-16-6-4-3-5-7-16/h3-7,10-11,13,19H,8-9,12H2,1-2H3. The van der Waals surface area contributed by atoms with E-state index >= 15 is 0 Å². The normalized spacial score (nSPS) is 11.1. The summed E-state index contributed by atoms with van der Waals surface area (Å²) in [6.45, 7) is 7.07.